The predicted molar refractivity (Wildman–Crippen MR) is 48.1 cm³/mol. The third-order valence-electron chi connectivity index (χ3n) is 2.09. The largest absolute Gasteiger partial charge is 0.508 e. The first-order chi connectivity index (χ1) is 7.94. The van der Waals surface area contributed by atoms with Crippen LogP contribution < -0.4 is 0 Å². The third kappa shape index (κ3) is 2.74. The lowest BCUT2D eigenvalue weighted by Gasteiger charge is -2.17. The van der Waals surface area contributed by atoms with E-state index >= 15 is 0 Å². The monoisotopic (exact) mass is 272 g/mol. The highest BCUT2D eigenvalue weighted by molar-refractivity contribution is 5.97. The summed E-state index contributed by atoms with van der Waals surface area (Å²) in [7, 11) is 0. The number of phenols is 1. The molecule has 1 aromatic carbocycles. The number of aromatic hydroxyl groups is 1. The highest BCUT2D eigenvalue weighted by Gasteiger charge is 2.42. The first-order valence-electron chi connectivity index (χ1n) is 4.47. The molecule has 0 atom stereocenters. The Hall–Kier alpha value is -1.73. The van der Waals surface area contributed by atoms with E-state index in [4.69, 9.17) is 5.11 Å². The lowest BCUT2D eigenvalue weighted by Crippen LogP contribution is -2.18. The molecular weight excluding hydrogens is 266 g/mol. The maximum Gasteiger partial charge on any atom is 0.417 e. The molecule has 0 aliphatic rings. The van der Waals surface area contributed by atoms with Crippen LogP contribution in [0.4, 0.5) is 26.3 Å². The van der Waals surface area contributed by atoms with Gasteiger partial charge in [-0.05, 0) is 19.1 Å². The van der Waals surface area contributed by atoms with Gasteiger partial charge >= 0.3 is 12.4 Å². The minimum Gasteiger partial charge on any atom is -0.508 e. The quantitative estimate of drug-likeness (QED) is 0.626. The third-order valence-corrected chi connectivity index (χ3v) is 2.09. The first-order valence-corrected chi connectivity index (χ1v) is 4.47. The molecule has 0 unspecified atom stereocenters. The maximum absolute atomic E-state index is 12.5. The highest BCUT2D eigenvalue weighted by atomic mass is 19.4. The Bertz CT molecular complexity index is 451. The maximum atomic E-state index is 12.5. The van der Waals surface area contributed by atoms with Gasteiger partial charge < -0.3 is 5.11 Å². The Labute approximate surface area is 96.8 Å². The van der Waals surface area contributed by atoms with Crippen molar-refractivity contribution in [3.05, 3.63) is 28.8 Å². The lowest BCUT2D eigenvalue weighted by molar-refractivity contribution is -0.143. The van der Waals surface area contributed by atoms with Crippen LogP contribution in [-0.2, 0) is 12.4 Å². The van der Waals surface area contributed by atoms with Gasteiger partial charge in [0.25, 0.3) is 0 Å². The summed E-state index contributed by atoms with van der Waals surface area (Å²) in [6.07, 6.45) is -10.3. The van der Waals surface area contributed by atoms with Gasteiger partial charge in [-0.2, -0.15) is 26.3 Å². The van der Waals surface area contributed by atoms with Crippen LogP contribution in [0.1, 0.15) is 28.4 Å². The van der Waals surface area contributed by atoms with E-state index in [0.717, 1.165) is 0 Å². The van der Waals surface area contributed by atoms with Gasteiger partial charge in [0.05, 0.1) is 11.1 Å². The number of benzene rings is 1. The van der Waals surface area contributed by atoms with Gasteiger partial charge in [0.1, 0.15) is 5.75 Å². The number of Topliss-reactive ketones (excluding diaryl/α,β-unsaturated/α-hetero) is 1. The molecule has 0 amide bonds. The number of hydrogen-bond acceptors (Lipinski definition) is 2. The minimum atomic E-state index is -5.17. The molecule has 0 saturated heterocycles. The summed E-state index contributed by atoms with van der Waals surface area (Å²) in [5.74, 6) is -2.59. The molecule has 0 radical (unpaired) electrons. The number of carbonyl (C=O) groups excluding carboxylic acids is 1. The second-order valence-electron chi connectivity index (χ2n) is 3.47. The van der Waals surface area contributed by atoms with Crippen molar-refractivity contribution >= 4 is 5.78 Å². The Balaban J connectivity index is 3.74. The SMILES string of the molecule is CC(=O)c1c(C(F)(F)F)cc(O)cc1C(F)(F)F. The molecule has 1 N–H and O–H groups in total. The summed E-state index contributed by atoms with van der Waals surface area (Å²) in [6, 6.07) is 0.179. The van der Waals surface area contributed by atoms with Crippen LogP contribution in [0, 0.1) is 0 Å². The molecule has 0 aromatic heterocycles. The van der Waals surface area contributed by atoms with Crippen LogP contribution in [0.3, 0.4) is 0 Å². The number of ketones is 1. The zero-order valence-electron chi connectivity index (χ0n) is 8.78. The molecule has 2 nitrogen and oxygen atoms in total. The zero-order valence-corrected chi connectivity index (χ0v) is 8.78. The van der Waals surface area contributed by atoms with Crippen molar-refractivity contribution in [1.82, 2.24) is 0 Å². The minimum absolute atomic E-state index is 0.0893. The van der Waals surface area contributed by atoms with Gasteiger partial charge in [-0.15, -0.1) is 0 Å². The van der Waals surface area contributed by atoms with E-state index in [1.54, 1.807) is 0 Å². The van der Waals surface area contributed by atoms with Gasteiger partial charge in [-0.25, -0.2) is 0 Å². The fourth-order valence-corrected chi connectivity index (χ4v) is 1.45. The van der Waals surface area contributed by atoms with Crippen LogP contribution in [0.5, 0.6) is 5.75 Å². The molecule has 0 aliphatic heterocycles. The number of carbonyl (C=O) groups is 1. The summed E-state index contributed by atoms with van der Waals surface area (Å²) < 4.78 is 75.2. The molecule has 1 rings (SSSR count). The molecule has 0 fully saturated rings. The standard InChI is InChI=1S/C10H6F6O2/c1-4(17)8-6(9(11,12)13)2-5(18)3-7(8)10(14,15)16/h2-3,18H,1H3. The van der Waals surface area contributed by atoms with Crippen molar-refractivity contribution in [3.8, 4) is 5.75 Å². The lowest BCUT2D eigenvalue weighted by atomic mass is 9.96. The number of hydrogen-bond donors (Lipinski definition) is 1. The number of rotatable bonds is 1. The van der Waals surface area contributed by atoms with Gasteiger partial charge in [-0.1, -0.05) is 0 Å². The molecule has 0 spiro atoms. The Morgan fingerprint density at radius 2 is 1.33 bits per heavy atom. The number of halogens is 6. The topological polar surface area (TPSA) is 37.3 Å². The summed E-state index contributed by atoms with van der Waals surface area (Å²) in [6.45, 7) is 0.594. The zero-order chi connectivity index (χ0) is 14.3. The molecular formula is C10H6F6O2. The van der Waals surface area contributed by atoms with Crippen LogP contribution >= 0.6 is 0 Å². The second-order valence-corrected chi connectivity index (χ2v) is 3.47. The smallest absolute Gasteiger partial charge is 0.417 e. The second kappa shape index (κ2) is 4.18. The molecule has 0 bridgehead atoms. The normalized spacial score (nSPS) is 12.6. The number of alkyl halides is 6. The molecule has 1 aromatic rings. The Morgan fingerprint density at radius 3 is 1.56 bits per heavy atom. The van der Waals surface area contributed by atoms with Gasteiger partial charge in [-0.3, -0.25) is 4.79 Å². The molecule has 0 saturated carbocycles. The van der Waals surface area contributed by atoms with Crippen molar-refractivity contribution in [2.24, 2.45) is 0 Å². The summed E-state index contributed by atoms with van der Waals surface area (Å²) >= 11 is 0. The molecule has 0 heterocycles. The Kier molecular flexibility index (Phi) is 3.33. The van der Waals surface area contributed by atoms with E-state index in [9.17, 15) is 31.1 Å². The highest BCUT2D eigenvalue weighted by Crippen LogP contribution is 2.41. The fourth-order valence-electron chi connectivity index (χ4n) is 1.45. The molecule has 8 heteroatoms. The van der Waals surface area contributed by atoms with Crippen LogP contribution in [0.15, 0.2) is 12.1 Å². The van der Waals surface area contributed by atoms with Crippen molar-refractivity contribution < 1.29 is 36.2 Å². The first kappa shape index (κ1) is 14.3. The molecule has 0 aliphatic carbocycles. The van der Waals surface area contributed by atoms with Crippen LogP contribution in [-0.4, -0.2) is 10.9 Å². The number of phenolic OH excluding ortho intramolecular Hbond substituents is 1. The average Bonchev–Trinajstić information content (AvgIpc) is 2.12. The predicted octanol–water partition coefficient (Wildman–Crippen LogP) is 3.63. The van der Waals surface area contributed by atoms with E-state index in [1.165, 1.54) is 0 Å². The van der Waals surface area contributed by atoms with Crippen molar-refractivity contribution in [2.75, 3.05) is 0 Å². The van der Waals surface area contributed by atoms with Gasteiger partial charge in [0.15, 0.2) is 5.78 Å². The average molecular weight is 272 g/mol. The van der Waals surface area contributed by atoms with Crippen molar-refractivity contribution in [1.29, 1.82) is 0 Å². The van der Waals surface area contributed by atoms with Crippen LogP contribution in [0.2, 0.25) is 0 Å². The molecule has 100 valence electrons. The summed E-state index contributed by atoms with van der Waals surface area (Å²) in [5, 5.41) is 8.92. The van der Waals surface area contributed by atoms with E-state index in [2.05, 4.69) is 0 Å². The van der Waals surface area contributed by atoms with E-state index in [1.807, 2.05) is 0 Å². The van der Waals surface area contributed by atoms with Gasteiger partial charge in [0.2, 0.25) is 0 Å². The van der Waals surface area contributed by atoms with Crippen molar-refractivity contribution in [3.63, 3.8) is 0 Å². The fraction of sp³-hybridized carbons (Fsp3) is 0.300. The van der Waals surface area contributed by atoms with E-state index in [0.29, 0.717) is 6.92 Å². The summed E-state index contributed by atoms with van der Waals surface area (Å²) in [5.41, 5.74) is -5.10. The van der Waals surface area contributed by atoms with E-state index in [-0.39, 0.29) is 12.1 Å². The molecule has 18 heavy (non-hydrogen) atoms. The summed E-state index contributed by atoms with van der Waals surface area (Å²) in [4.78, 5) is 11.0. The van der Waals surface area contributed by atoms with Crippen molar-refractivity contribution in [2.45, 2.75) is 19.3 Å². The Morgan fingerprint density at radius 1 is 1.00 bits per heavy atom. The van der Waals surface area contributed by atoms with E-state index < -0.39 is 40.6 Å². The van der Waals surface area contributed by atoms with Gasteiger partial charge in [0, 0.05) is 5.56 Å². The van der Waals surface area contributed by atoms with Crippen LogP contribution in [0.25, 0.3) is 0 Å².